The number of nitrogens with zero attached hydrogens (tertiary/aromatic N) is 2. The number of aryl methyl sites for hydroxylation is 1. The number of nitrogens with one attached hydrogen (secondary N) is 2. The van der Waals surface area contributed by atoms with E-state index >= 15 is 0 Å². The minimum atomic E-state index is -0.174. The van der Waals surface area contributed by atoms with Crippen LogP contribution in [-0.2, 0) is 6.42 Å². The second-order valence-corrected chi connectivity index (χ2v) is 6.21. The topological polar surface area (TPSA) is 66.9 Å². The molecule has 1 heterocycles. The van der Waals surface area contributed by atoms with Crippen LogP contribution in [0.25, 0.3) is 0 Å². The van der Waals surface area contributed by atoms with E-state index < -0.39 is 0 Å². The number of hydrogen-bond acceptors (Lipinski definition) is 4. The maximum absolute atomic E-state index is 12.1. The Hall–Kier alpha value is -2.92. The van der Waals surface area contributed by atoms with Crippen LogP contribution in [0, 0.1) is 0 Å². The number of aromatic nitrogens is 2. The standard InChI is InChI=1S/C20H19ClN4O/c21-17-9-4-10-18(12-17)25-20-23-13-16(14-24-20)19(26)22-11-5-8-15-6-2-1-3-7-15/h1-4,6-7,9-10,12-14H,5,8,11H2,(H,22,26)(H,23,24,25). The van der Waals surface area contributed by atoms with Crippen molar-refractivity contribution < 1.29 is 4.79 Å². The largest absolute Gasteiger partial charge is 0.352 e. The van der Waals surface area contributed by atoms with Gasteiger partial charge in [0.2, 0.25) is 5.95 Å². The van der Waals surface area contributed by atoms with Gasteiger partial charge in [0.15, 0.2) is 0 Å². The van der Waals surface area contributed by atoms with E-state index in [1.54, 1.807) is 12.1 Å². The monoisotopic (exact) mass is 366 g/mol. The molecule has 0 saturated carbocycles. The fourth-order valence-electron chi connectivity index (χ4n) is 2.45. The van der Waals surface area contributed by atoms with Crippen LogP contribution in [-0.4, -0.2) is 22.4 Å². The van der Waals surface area contributed by atoms with Gasteiger partial charge in [0.1, 0.15) is 0 Å². The number of carbonyl (C=O) groups is 1. The Bertz CT molecular complexity index is 853. The summed E-state index contributed by atoms with van der Waals surface area (Å²) in [6.45, 7) is 0.607. The molecular weight excluding hydrogens is 348 g/mol. The minimum Gasteiger partial charge on any atom is -0.352 e. The average molecular weight is 367 g/mol. The predicted octanol–water partition coefficient (Wildman–Crippen LogP) is 4.24. The Morgan fingerprint density at radius 2 is 1.77 bits per heavy atom. The van der Waals surface area contributed by atoms with Crippen molar-refractivity contribution in [2.24, 2.45) is 0 Å². The van der Waals surface area contributed by atoms with E-state index in [0.29, 0.717) is 23.1 Å². The lowest BCUT2D eigenvalue weighted by atomic mass is 10.1. The number of hydrogen-bond donors (Lipinski definition) is 2. The first-order chi connectivity index (χ1) is 12.7. The molecule has 0 saturated heterocycles. The number of rotatable bonds is 7. The molecule has 0 radical (unpaired) electrons. The number of amides is 1. The van der Waals surface area contributed by atoms with Crippen LogP contribution in [0.3, 0.4) is 0 Å². The van der Waals surface area contributed by atoms with Gasteiger partial charge in [0, 0.05) is 29.6 Å². The molecule has 6 heteroatoms. The third-order valence-corrected chi connectivity index (χ3v) is 4.00. The van der Waals surface area contributed by atoms with Crippen LogP contribution in [0.15, 0.2) is 67.0 Å². The van der Waals surface area contributed by atoms with Crippen molar-refractivity contribution in [2.45, 2.75) is 12.8 Å². The van der Waals surface area contributed by atoms with Crippen LogP contribution in [0.1, 0.15) is 22.3 Å². The molecule has 132 valence electrons. The van der Waals surface area contributed by atoms with Gasteiger partial charge < -0.3 is 10.6 Å². The quantitative estimate of drug-likeness (QED) is 0.614. The molecule has 5 nitrogen and oxygen atoms in total. The van der Waals surface area contributed by atoms with E-state index in [9.17, 15) is 4.79 Å². The minimum absolute atomic E-state index is 0.174. The number of anilines is 2. The molecule has 0 aliphatic heterocycles. The van der Waals surface area contributed by atoms with Gasteiger partial charge in [-0.05, 0) is 36.6 Å². The number of benzene rings is 2. The highest BCUT2D eigenvalue weighted by molar-refractivity contribution is 6.30. The SMILES string of the molecule is O=C(NCCCc1ccccc1)c1cnc(Nc2cccc(Cl)c2)nc1. The van der Waals surface area contributed by atoms with Crippen LogP contribution in [0.5, 0.6) is 0 Å². The van der Waals surface area contributed by atoms with Crippen molar-refractivity contribution in [3.8, 4) is 0 Å². The zero-order valence-corrected chi connectivity index (χ0v) is 14.9. The van der Waals surface area contributed by atoms with Gasteiger partial charge in [-0.25, -0.2) is 9.97 Å². The third-order valence-electron chi connectivity index (χ3n) is 3.77. The van der Waals surface area contributed by atoms with Gasteiger partial charge in [-0.1, -0.05) is 48.0 Å². The van der Waals surface area contributed by atoms with Gasteiger partial charge in [-0.15, -0.1) is 0 Å². The van der Waals surface area contributed by atoms with Gasteiger partial charge in [0.25, 0.3) is 5.91 Å². The van der Waals surface area contributed by atoms with E-state index in [1.165, 1.54) is 18.0 Å². The highest BCUT2D eigenvalue weighted by Crippen LogP contribution is 2.17. The summed E-state index contributed by atoms with van der Waals surface area (Å²) in [6.07, 6.45) is 4.82. The average Bonchev–Trinajstić information content (AvgIpc) is 2.66. The molecule has 0 atom stereocenters. The molecule has 0 bridgehead atoms. The van der Waals surface area contributed by atoms with Gasteiger partial charge in [-0.3, -0.25) is 4.79 Å². The van der Waals surface area contributed by atoms with E-state index in [2.05, 4.69) is 32.7 Å². The first-order valence-electron chi connectivity index (χ1n) is 8.37. The Morgan fingerprint density at radius 3 is 2.50 bits per heavy atom. The molecule has 3 aromatic rings. The van der Waals surface area contributed by atoms with Gasteiger partial charge in [0.05, 0.1) is 5.56 Å². The molecule has 0 unspecified atom stereocenters. The second kappa shape index (κ2) is 8.97. The highest BCUT2D eigenvalue weighted by atomic mass is 35.5. The smallest absolute Gasteiger partial charge is 0.254 e. The first kappa shape index (κ1) is 17.9. The van der Waals surface area contributed by atoms with Crippen molar-refractivity contribution in [3.05, 3.63) is 83.1 Å². The molecule has 1 amide bonds. The van der Waals surface area contributed by atoms with Crippen molar-refractivity contribution in [2.75, 3.05) is 11.9 Å². The van der Waals surface area contributed by atoms with Crippen molar-refractivity contribution in [1.82, 2.24) is 15.3 Å². The Morgan fingerprint density at radius 1 is 1.00 bits per heavy atom. The molecule has 26 heavy (non-hydrogen) atoms. The lowest BCUT2D eigenvalue weighted by Crippen LogP contribution is -2.25. The summed E-state index contributed by atoms with van der Waals surface area (Å²) in [5.41, 5.74) is 2.48. The molecule has 3 rings (SSSR count). The van der Waals surface area contributed by atoms with Crippen molar-refractivity contribution >= 4 is 29.1 Å². The summed E-state index contributed by atoms with van der Waals surface area (Å²) >= 11 is 5.94. The van der Waals surface area contributed by atoms with Crippen LogP contribution in [0.2, 0.25) is 5.02 Å². The third kappa shape index (κ3) is 5.29. The lowest BCUT2D eigenvalue weighted by molar-refractivity contribution is 0.0952. The normalized spacial score (nSPS) is 10.3. The van der Waals surface area contributed by atoms with Gasteiger partial charge >= 0.3 is 0 Å². The van der Waals surface area contributed by atoms with Crippen LogP contribution in [0.4, 0.5) is 11.6 Å². The summed E-state index contributed by atoms with van der Waals surface area (Å²) in [4.78, 5) is 20.5. The van der Waals surface area contributed by atoms with Crippen LogP contribution >= 0.6 is 11.6 Å². The van der Waals surface area contributed by atoms with Crippen molar-refractivity contribution in [1.29, 1.82) is 0 Å². The lowest BCUT2D eigenvalue weighted by Gasteiger charge is -2.07. The molecule has 0 aliphatic rings. The van der Waals surface area contributed by atoms with E-state index in [0.717, 1.165) is 18.5 Å². The summed E-state index contributed by atoms with van der Waals surface area (Å²) in [6, 6.07) is 17.5. The summed E-state index contributed by atoms with van der Waals surface area (Å²) in [5.74, 6) is 0.236. The highest BCUT2D eigenvalue weighted by Gasteiger charge is 2.07. The number of carbonyl (C=O) groups excluding carboxylic acids is 1. The molecule has 0 fully saturated rings. The summed E-state index contributed by atoms with van der Waals surface area (Å²) in [7, 11) is 0. The zero-order valence-electron chi connectivity index (χ0n) is 14.2. The van der Waals surface area contributed by atoms with Crippen LogP contribution < -0.4 is 10.6 Å². The Labute approximate surface area is 157 Å². The molecule has 1 aromatic heterocycles. The zero-order chi connectivity index (χ0) is 18.2. The second-order valence-electron chi connectivity index (χ2n) is 5.78. The van der Waals surface area contributed by atoms with Crippen molar-refractivity contribution in [3.63, 3.8) is 0 Å². The fourth-order valence-corrected chi connectivity index (χ4v) is 2.64. The molecule has 0 spiro atoms. The first-order valence-corrected chi connectivity index (χ1v) is 8.75. The molecule has 2 N–H and O–H groups in total. The predicted molar refractivity (Wildman–Crippen MR) is 104 cm³/mol. The van der Waals surface area contributed by atoms with E-state index in [4.69, 9.17) is 11.6 Å². The Balaban J connectivity index is 1.47. The maximum Gasteiger partial charge on any atom is 0.254 e. The maximum atomic E-state index is 12.1. The summed E-state index contributed by atoms with van der Waals surface area (Å²) in [5, 5.41) is 6.56. The fraction of sp³-hybridized carbons (Fsp3) is 0.150. The van der Waals surface area contributed by atoms with Gasteiger partial charge in [-0.2, -0.15) is 0 Å². The Kier molecular flexibility index (Phi) is 6.17. The molecular formula is C20H19ClN4O. The molecule has 0 aliphatic carbocycles. The van der Waals surface area contributed by atoms with E-state index in [1.807, 2.05) is 30.3 Å². The number of halogens is 1. The van der Waals surface area contributed by atoms with E-state index in [-0.39, 0.29) is 5.91 Å². The molecule has 2 aromatic carbocycles. The summed E-state index contributed by atoms with van der Waals surface area (Å²) < 4.78 is 0.